The summed E-state index contributed by atoms with van der Waals surface area (Å²) in [5, 5.41) is 1.13. The van der Waals surface area contributed by atoms with E-state index in [0.29, 0.717) is 6.61 Å². The van der Waals surface area contributed by atoms with Crippen molar-refractivity contribution in [3.05, 3.63) is 96.2 Å². The summed E-state index contributed by atoms with van der Waals surface area (Å²) >= 11 is 0. The highest BCUT2D eigenvalue weighted by Crippen LogP contribution is 2.32. The second kappa shape index (κ2) is 7.84. The molecule has 0 N–H and O–H groups in total. The van der Waals surface area contributed by atoms with E-state index in [2.05, 4.69) is 23.2 Å². The second-order valence-electron chi connectivity index (χ2n) is 7.07. The minimum atomic E-state index is -0.290. The van der Waals surface area contributed by atoms with E-state index < -0.39 is 0 Å². The van der Waals surface area contributed by atoms with Crippen LogP contribution < -0.4 is 14.2 Å². The van der Waals surface area contributed by atoms with Crippen molar-refractivity contribution in [1.29, 1.82) is 0 Å². The summed E-state index contributed by atoms with van der Waals surface area (Å²) in [5.41, 5.74) is 3.05. The maximum atomic E-state index is 6.07. The lowest BCUT2D eigenvalue weighted by Crippen LogP contribution is -2.28. The lowest BCUT2D eigenvalue weighted by atomic mass is 10.1. The van der Waals surface area contributed by atoms with Gasteiger partial charge in [-0.3, -0.25) is 0 Å². The van der Waals surface area contributed by atoms with Crippen LogP contribution in [0.15, 0.2) is 84.9 Å². The molecule has 1 aromatic heterocycles. The molecule has 2 heterocycles. The normalized spacial score (nSPS) is 15.4. The van der Waals surface area contributed by atoms with Gasteiger partial charge in [-0.25, -0.2) is 4.98 Å². The molecule has 0 saturated carbocycles. The fourth-order valence-corrected chi connectivity index (χ4v) is 3.49. The summed E-state index contributed by atoms with van der Waals surface area (Å²) in [6.45, 7) is 0.410. The van der Waals surface area contributed by atoms with Crippen molar-refractivity contribution in [2.45, 2.75) is 25.7 Å². The van der Waals surface area contributed by atoms with Crippen LogP contribution in [-0.4, -0.2) is 11.3 Å². The summed E-state index contributed by atoms with van der Waals surface area (Å²) in [7, 11) is 0. The summed E-state index contributed by atoms with van der Waals surface area (Å²) in [6, 6.07) is 27.9. The van der Waals surface area contributed by atoms with Crippen LogP contribution >= 0.6 is 0 Å². The predicted molar refractivity (Wildman–Crippen MR) is 112 cm³/mol. The Balaban J connectivity index is 1.27. The van der Waals surface area contributed by atoms with Crippen LogP contribution in [0.25, 0.3) is 10.9 Å². The number of aryl methyl sites for hydroxylation is 1. The van der Waals surface area contributed by atoms with Gasteiger partial charge in [0.2, 0.25) is 6.29 Å². The molecule has 0 fully saturated rings. The topological polar surface area (TPSA) is 40.6 Å². The largest absolute Gasteiger partial charge is 0.487 e. The average Bonchev–Trinajstić information content (AvgIpc) is 2.78. The van der Waals surface area contributed by atoms with E-state index in [4.69, 9.17) is 14.2 Å². The Kier molecular flexibility index (Phi) is 4.75. The van der Waals surface area contributed by atoms with Crippen LogP contribution in [0.4, 0.5) is 0 Å². The number of ether oxygens (including phenoxy) is 3. The Bertz CT molecular complexity index is 1130. The van der Waals surface area contributed by atoms with E-state index in [0.717, 1.165) is 46.7 Å². The summed E-state index contributed by atoms with van der Waals surface area (Å²) in [4.78, 5) is 4.66. The first-order chi connectivity index (χ1) is 14.3. The number of fused-ring (bicyclic) bond motifs is 2. The van der Waals surface area contributed by atoms with E-state index in [-0.39, 0.29) is 6.29 Å². The van der Waals surface area contributed by atoms with Gasteiger partial charge >= 0.3 is 0 Å². The van der Waals surface area contributed by atoms with Gasteiger partial charge in [-0.05, 0) is 42.3 Å². The Morgan fingerprint density at radius 3 is 2.66 bits per heavy atom. The molecule has 5 rings (SSSR count). The zero-order valence-corrected chi connectivity index (χ0v) is 16.0. The van der Waals surface area contributed by atoms with Crippen LogP contribution in [0.1, 0.15) is 17.7 Å². The molecule has 29 heavy (non-hydrogen) atoms. The first-order valence-electron chi connectivity index (χ1n) is 9.82. The molecule has 1 aliphatic heterocycles. The van der Waals surface area contributed by atoms with Crippen molar-refractivity contribution in [3.63, 3.8) is 0 Å². The Morgan fingerprint density at radius 1 is 0.862 bits per heavy atom. The van der Waals surface area contributed by atoms with Crippen LogP contribution in [0.2, 0.25) is 0 Å². The fraction of sp³-hybridized carbons (Fsp3) is 0.160. The smallest absolute Gasteiger partial charge is 0.241 e. The monoisotopic (exact) mass is 383 g/mol. The highest BCUT2D eigenvalue weighted by atomic mass is 16.7. The van der Waals surface area contributed by atoms with Crippen molar-refractivity contribution in [3.8, 4) is 17.2 Å². The first kappa shape index (κ1) is 17.6. The number of nitrogens with zero attached hydrogens (tertiary/aromatic N) is 1. The standard InChI is InChI=1S/C25H21NO3/c1-2-7-21(8-3-1)28-25-15-12-19-11-14-22(16-24(19)29-25)27-17-20-13-10-18-6-4-5-9-23(18)26-20/h1-11,13-14,16,25H,12,15,17H2/t25-/m1/s1. The van der Waals surface area contributed by atoms with Gasteiger partial charge in [0, 0.05) is 17.9 Å². The number of pyridine rings is 1. The van der Waals surface area contributed by atoms with Gasteiger partial charge in [-0.2, -0.15) is 0 Å². The van der Waals surface area contributed by atoms with Crippen molar-refractivity contribution in [1.82, 2.24) is 4.98 Å². The van der Waals surface area contributed by atoms with Crippen molar-refractivity contribution in [2.24, 2.45) is 0 Å². The summed E-state index contributed by atoms with van der Waals surface area (Å²) in [5.74, 6) is 2.40. The molecule has 0 bridgehead atoms. The van der Waals surface area contributed by atoms with Crippen LogP contribution in [0, 0.1) is 0 Å². The third kappa shape index (κ3) is 4.02. The quantitative estimate of drug-likeness (QED) is 0.453. The van der Waals surface area contributed by atoms with Gasteiger partial charge < -0.3 is 14.2 Å². The molecular formula is C25H21NO3. The molecule has 1 atom stereocenters. The number of hydrogen-bond acceptors (Lipinski definition) is 4. The lowest BCUT2D eigenvalue weighted by Gasteiger charge is -2.26. The molecule has 3 aromatic carbocycles. The summed E-state index contributed by atoms with van der Waals surface area (Å²) in [6.07, 6.45) is 1.45. The Labute approximate surface area is 169 Å². The van der Waals surface area contributed by atoms with Gasteiger partial charge in [0.25, 0.3) is 0 Å². The van der Waals surface area contributed by atoms with Crippen LogP contribution in [-0.2, 0) is 13.0 Å². The predicted octanol–water partition coefficient (Wildman–Crippen LogP) is 5.54. The molecule has 4 nitrogen and oxygen atoms in total. The SMILES string of the molecule is c1ccc(O[C@H]2CCc3ccc(OCc4ccc5ccccc5n4)cc3O2)cc1. The number of hydrogen-bond donors (Lipinski definition) is 0. The molecule has 4 heteroatoms. The van der Waals surface area contributed by atoms with Gasteiger partial charge in [0.05, 0.1) is 11.2 Å². The zero-order chi connectivity index (χ0) is 19.5. The number of para-hydroxylation sites is 2. The van der Waals surface area contributed by atoms with Gasteiger partial charge in [-0.15, -0.1) is 0 Å². The number of benzene rings is 3. The molecule has 1 aliphatic rings. The minimum Gasteiger partial charge on any atom is -0.487 e. The molecule has 0 aliphatic carbocycles. The Hall–Kier alpha value is -3.53. The van der Waals surface area contributed by atoms with Gasteiger partial charge in [0.15, 0.2) is 0 Å². The molecule has 0 radical (unpaired) electrons. The zero-order valence-electron chi connectivity index (χ0n) is 16.0. The molecule has 0 saturated heterocycles. The van der Waals surface area contributed by atoms with Crippen molar-refractivity contribution in [2.75, 3.05) is 0 Å². The molecule has 0 amide bonds. The van der Waals surface area contributed by atoms with Gasteiger partial charge in [-0.1, -0.05) is 48.5 Å². The van der Waals surface area contributed by atoms with E-state index >= 15 is 0 Å². The summed E-state index contributed by atoms with van der Waals surface area (Å²) < 4.78 is 18.0. The third-order valence-electron chi connectivity index (χ3n) is 5.00. The maximum absolute atomic E-state index is 6.07. The van der Waals surface area contributed by atoms with Crippen LogP contribution in [0.3, 0.4) is 0 Å². The highest BCUT2D eigenvalue weighted by Gasteiger charge is 2.21. The van der Waals surface area contributed by atoms with E-state index in [9.17, 15) is 0 Å². The van der Waals surface area contributed by atoms with Gasteiger partial charge in [0.1, 0.15) is 23.9 Å². The first-order valence-corrected chi connectivity index (χ1v) is 9.82. The molecular weight excluding hydrogens is 362 g/mol. The van der Waals surface area contributed by atoms with Crippen molar-refractivity contribution < 1.29 is 14.2 Å². The van der Waals surface area contributed by atoms with E-state index in [1.54, 1.807) is 0 Å². The van der Waals surface area contributed by atoms with E-state index in [1.165, 1.54) is 5.56 Å². The van der Waals surface area contributed by atoms with E-state index in [1.807, 2.05) is 66.7 Å². The molecule has 144 valence electrons. The average molecular weight is 383 g/mol. The second-order valence-corrected chi connectivity index (χ2v) is 7.07. The molecule has 4 aromatic rings. The fourth-order valence-electron chi connectivity index (χ4n) is 3.49. The number of aromatic nitrogens is 1. The number of rotatable bonds is 5. The molecule has 0 spiro atoms. The van der Waals surface area contributed by atoms with Crippen LogP contribution in [0.5, 0.6) is 17.2 Å². The minimum absolute atomic E-state index is 0.290. The molecule has 0 unspecified atom stereocenters. The highest BCUT2D eigenvalue weighted by molar-refractivity contribution is 5.78. The lowest BCUT2D eigenvalue weighted by molar-refractivity contribution is -0.00997. The maximum Gasteiger partial charge on any atom is 0.241 e. The Morgan fingerprint density at radius 2 is 1.72 bits per heavy atom. The van der Waals surface area contributed by atoms with Crippen molar-refractivity contribution >= 4 is 10.9 Å². The third-order valence-corrected chi connectivity index (χ3v) is 5.00.